The number of nitrogens with zero attached hydrogens (tertiary/aromatic N) is 3. The summed E-state index contributed by atoms with van der Waals surface area (Å²) < 4.78 is 12.7. The van der Waals surface area contributed by atoms with Crippen molar-refractivity contribution >= 4 is 5.65 Å². The van der Waals surface area contributed by atoms with Gasteiger partial charge in [0.1, 0.15) is 5.75 Å². The van der Waals surface area contributed by atoms with Crippen LogP contribution in [-0.4, -0.2) is 27.8 Å². The lowest BCUT2D eigenvalue weighted by atomic mass is 10.2. The summed E-state index contributed by atoms with van der Waals surface area (Å²) in [6.45, 7) is 5.37. The minimum Gasteiger partial charge on any atom is -0.494 e. The Morgan fingerprint density at radius 2 is 1.82 bits per heavy atom. The number of hydrogen-bond donors (Lipinski definition) is 0. The number of imidazole rings is 1. The minimum absolute atomic E-state index is 0.616. The molecule has 114 valence electrons. The van der Waals surface area contributed by atoms with Gasteiger partial charge in [-0.3, -0.25) is 0 Å². The van der Waals surface area contributed by atoms with Crippen LogP contribution < -0.4 is 9.47 Å². The monoisotopic (exact) mass is 297 g/mol. The second-order valence-electron chi connectivity index (χ2n) is 4.91. The molecular formula is C17H19N3O2. The first-order valence-electron chi connectivity index (χ1n) is 7.52. The van der Waals surface area contributed by atoms with Gasteiger partial charge in [0, 0.05) is 11.6 Å². The van der Waals surface area contributed by atoms with Crippen LogP contribution in [0, 0.1) is 0 Å². The average Bonchev–Trinajstić information content (AvgIpc) is 2.97. The standard InChI is InChI=1S/C17H19N3O2/c1-3-11-22-17-10-9-16-18-15(12-20(16)19-17)13-5-7-14(8-6-13)21-4-2/h5-10,12H,3-4,11H2,1-2H3. The summed E-state index contributed by atoms with van der Waals surface area (Å²) in [5.74, 6) is 1.48. The normalized spacial score (nSPS) is 10.8. The Morgan fingerprint density at radius 1 is 1.00 bits per heavy atom. The molecule has 0 N–H and O–H groups in total. The Hall–Kier alpha value is -2.56. The van der Waals surface area contributed by atoms with Crippen LogP contribution in [0.5, 0.6) is 11.6 Å². The molecule has 5 heteroatoms. The third-order valence-electron chi connectivity index (χ3n) is 3.21. The van der Waals surface area contributed by atoms with Crippen molar-refractivity contribution in [3.8, 4) is 22.9 Å². The molecule has 0 saturated heterocycles. The molecule has 0 saturated carbocycles. The molecule has 0 aliphatic carbocycles. The summed E-state index contributed by atoms with van der Waals surface area (Å²) in [6.07, 6.45) is 2.87. The zero-order valence-electron chi connectivity index (χ0n) is 12.8. The van der Waals surface area contributed by atoms with E-state index in [4.69, 9.17) is 9.47 Å². The molecule has 0 spiro atoms. The van der Waals surface area contributed by atoms with E-state index >= 15 is 0 Å². The number of ether oxygens (including phenoxy) is 2. The van der Waals surface area contributed by atoms with Crippen LogP contribution in [0.15, 0.2) is 42.6 Å². The predicted molar refractivity (Wildman–Crippen MR) is 85.4 cm³/mol. The molecule has 22 heavy (non-hydrogen) atoms. The van der Waals surface area contributed by atoms with Crippen molar-refractivity contribution in [1.29, 1.82) is 0 Å². The summed E-state index contributed by atoms with van der Waals surface area (Å²) in [4.78, 5) is 4.58. The van der Waals surface area contributed by atoms with Gasteiger partial charge in [-0.2, -0.15) is 0 Å². The van der Waals surface area contributed by atoms with Gasteiger partial charge in [0.25, 0.3) is 0 Å². The molecule has 0 amide bonds. The summed E-state index contributed by atoms with van der Waals surface area (Å²) in [5, 5.41) is 4.41. The smallest absolute Gasteiger partial charge is 0.231 e. The van der Waals surface area contributed by atoms with E-state index in [1.807, 2.05) is 49.5 Å². The largest absolute Gasteiger partial charge is 0.494 e. The Morgan fingerprint density at radius 3 is 2.55 bits per heavy atom. The van der Waals surface area contributed by atoms with Crippen molar-refractivity contribution in [1.82, 2.24) is 14.6 Å². The molecule has 5 nitrogen and oxygen atoms in total. The molecular weight excluding hydrogens is 278 g/mol. The maximum absolute atomic E-state index is 5.54. The van der Waals surface area contributed by atoms with Gasteiger partial charge in [0.05, 0.1) is 25.1 Å². The van der Waals surface area contributed by atoms with Gasteiger partial charge in [-0.1, -0.05) is 6.92 Å². The third-order valence-corrected chi connectivity index (χ3v) is 3.21. The fourth-order valence-electron chi connectivity index (χ4n) is 2.18. The molecule has 3 aromatic rings. The number of aromatic nitrogens is 3. The summed E-state index contributed by atoms with van der Waals surface area (Å²) in [7, 11) is 0. The van der Waals surface area contributed by atoms with Gasteiger partial charge < -0.3 is 9.47 Å². The van der Waals surface area contributed by atoms with Crippen LogP contribution in [0.1, 0.15) is 20.3 Å². The molecule has 0 bridgehead atoms. The highest BCUT2D eigenvalue weighted by molar-refractivity contribution is 5.63. The molecule has 0 atom stereocenters. The second kappa shape index (κ2) is 6.47. The number of benzene rings is 1. The zero-order valence-corrected chi connectivity index (χ0v) is 12.8. The highest BCUT2D eigenvalue weighted by Crippen LogP contribution is 2.22. The van der Waals surface area contributed by atoms with Gasteiger partial charge in [0.15, 0.2) is 5.65 Å². The quantitative estimate of drug-likeness (QED) is 0.697. The van der Waals surface area contributed by atoms with E-state index in [9.17, 15) is 0 Å². The van der Waals surface area contributed by atoms with Crippen molar-refractivity contribution in [2.75, 3.05) is 13.2 Å². The van der Waals surface area contributed by atoms with Crippen LogP contribution in [0.2, 0.25) is 0 Å². The van der Waals surface area contributed by atoms with Crippen LogP contribution >= 0.6 is 0 Å². The Kier molecular flexibility index (Phi) is 4.23. The zero-order chi connectivity index (χ0) is 15.4. The minimum atomic E-state index is 0.616. The first-order valence-corrected chi connectivity index (χ1v) is 7.52. The lowest BCUT2D eigenvalue weighted by Crippen LogP contribution is -2.00. The van der Waals surface area contributed by atoms with E-state index in [1.165, 1.54) is 0 Å². The van der Waals surface area contributed by atoms with Gasteiger partial charge in [-0.05, 0) is 43.7 Å². The van der Waals surface area contributed by atoms with Gasteiger partial charge in [0.2, 0.25) is 5.88 Å². The van der Waals surface area contributed by atoms with E-state index in [0.717, 1.165) is 29.1 Å². The third kappa shape index (κ3) is 3.03. The highest BCUT2D eigenvalue weighted by Gasteiger charge is 2.06. The molecule has 0 radical (unpaired) electrons. The Bertz CT molecular complexity index is 750. The van der Waals surface area contributed by atoms with Crippen molar-refractivity contribution in [2.24, 2.45) is 0 Å². The molecule has 2 heterocycles. The topological polar surface area (TPSA) is 48.7 Å². The summed E-state index contributed by atoms with van der Waals surface area (Å²) in [5.41, 5.74) is 2.71. The number of rotatable bonds is 6. The Labute approximate surface area is 129 Å². The van der Waals surface area contributed by atoms with Crippen LogP contribution in [0.4, 0.5) is 0 Å². The van der Waals surface area contributed by atoms with Crippen LogP contribution in [-0.2, 0) is 0 Å². The fourth-order valence-corrected chi connectivity index (χ4v) is 2.18. The van der Waals surface area contributed by atoms with E-state index < -0.39 is 0 Å². The highest BCUT2D eigenvalue weighted by atomic mass is 16.5. The van der Waals surface area contributed by atoms with Crippen molar-refractivity contribution in [3.05, 3.63) is 42.6 Å². The van der Waals surface area contributed by atoms with E-state index in [2.05, 4.69) is 17.0 Å². The maximum atomic E-state index is 5.54. The van der Waals surface area contributed by atoms with Crippen LogP contribution in [0.25, 0.3) is 16.9 Å². The van der Waals surface area contributed by atoms with Gasteiger partial charge >= 0.3 is 0 Å². The Balaban J connectivity index is 1.87. The number of hydrogen-bond acceptors (Lipinski definition) is 4. The van der Waals surface area contributed by atoms with Crippen molar-refractivity contribution in [2.45, 2.75) is 20.3 Å². The first-order chi connectivity index (χ1) is 10.8. The molecule has 0 unspecified atom stereocenters. The SMILES string of the molecule is CCCOc1ccc2nc(-c3ccc(OCC)cc3)cn2n1. The molecule has 1 aromatic carbocycles. The second-order valence-corrected chi connectivity index (χ2v) is 4.91. The summed E-state index contributed by atoms with van der Waals surface area (Å²) in [6, 6.07) is 11.7. The maximum Gasteiger partial charge on any atom is 0.231 e. The molecule has 0 aliphatic heterocycles. The van der Waals surface area contributed by atoms with E-state index in [0.29, 0.717) is 19.1 Å². The average molecular weight is 297 g/mol. The van der Waals surface area contributed by atoms with Gasteiger partial charge in [-0.25, -0.2) is 9.50 Å². The molecule has 0 aliphatic rings. The van der Waals surface area contributed by atoms with E-state index in [1.54, 1.807) is 4.52 Å². The van der Waals surface area contributed by atoms with Gasteiger partial charge in [-0.15, -0.1) is 5.10 Å². The first kappa shape index (κ1) is 14.4. The summed E-state index contributed by atoms with van der Waals surface area (Å²) >= 11 is 0. The van der Waals surface area contributed by atoms with E-state index in [-0.39, 0.29) is 0 Å². The molecule has 2 aromatic heterocycles. The fraction of sp³-hybridized carbons (Fsp3) is 0.294. The number of fused-ring (bicyclic) bond motifs is 1. The molecule has 0 fully saturated rings. The lowest BCUT2D eigenvalue weighted by Gasteiger charge is -2.02. The molecule has 3 rings (SSSR count). The van der Waals surface area contributed by atoms with Crippen LogP contribution in [0.3, 0.4) is 0 Å². The predicted octanol–water partition coefficient (Wildman–Crippen LogP) is 3.58. The van der Waals surface area contributed by atoms with Crippen molar-refractivity contribution < 1.29 is 9.47 Å². The van der Waals surface area contributed by atoms with Crippen molar-refractivity contribution in [3.63, 3.8) is 0 Å². The lowest BCUT2D eigenvalue weighted by molar-refractivity contribution is 0.300.